The van der Waals surface area contributed by atoms with E-state index in [0.717, 1.165) is 0 Å². The molecular weight excluding hydrogens is 284 g/mol. The van der Waals surface area contributed by atoms with E-state index in [1.807, 2.05) is 0 Å². The van der Waals surface area contributed by atoms with Crippen molar-refractivity contribution in [2.45, 2.75) is 0 Å². The molecule has 82 valence electrons. The largest absolute Gasteiger partial charge is 0.412 e. The molecule has 0 atom stereocenters. The summed E-state index contributed by atoms with van der Waals surface area (Å²) in [6, 6.07) is 0. The summed E-state index contributed by atoms with van der Waals surface area (Å²) in [7, 11) is 0. The van der Waals surface area contributed by atoms with E-state index in [9.17, 15) is 0 Å². The topological polar surface area (TPSA) is 252 Å². The third-order valence-electron chi connectivity index (χ3n) is 0. The summed E-state index contributed by atoms with van der Waals surface area (Å²) >= 11 is 0. The summed E-state index contributed by atoms with van der Waals surface area (Å²) in [4.78, 5) is 0. The van der Waals surface area contributed by atoms with Gasteiger partial charge in [0, 0.05) is 52.1 Å². The molecule has 0 saturated heterocycles. The van der Waals surface area contributed by atoms with Gasteiger partial charge < -0.3 is 43.8 Å². The minimum atomic E-state index is 0. The van der Waals surface area contributed by atoms with Crippen LogP contribution in [0.3, 0.4) is 0 Å². The van der Waals surface area contributed by atoms with Crippen molar-refractivity contribution in [2.75, 3.05) is 0 Å². The smallest absolute Gasteiger partial charge is 0 e. The van der Waals surface area contributed by atoms with Crippen molar-refractivity contribution in [3.8, 4) is 0 Å². The zero-order valence-corrected chi connectivity index (χ0v) is 9.05. The van der Waals surface area contributed by atoms with Gasteiger partial charge >= 0.3 is 0 Å². The van der Waals surface area contributed by atoms with Gasteiger partial charge in [-0.05, 0) is 0 Å². The first kappa shape index (κ1) is 957. The molecule has 0 saturated carbocycles. The molecule has 16 N–H and O–H groups in total. The Morgan fingerprint density at radius 2 is 0.182 bits per heavy atom. The molecule has 0 spiro atoms. The van der Waals surface area contributed by atoms with E-state index in [4.69, 9.17) is 0 Å². The third kappa shape index (κ3) is 595. The van der Waals surface area contributed by atoms with Gasteiger partial charge in [0.25, 0.3) is 0 Å². The van der Waals surface area contributed by atoms with Crippen LogP contribution in [0.4, 0.5) is 0 Å². The monoisotopic (exact) mass is 300 g/mol. The van der Waals surface area contributed by atoms with Gasteiger partial charge in [-0.2, -0.15) is 0 Å². The molecule has 0 heterocycles. The molecular formula is H16Cr3O8. The van der Waals surface area contributed by atoms with Crippen molar-refractivity contribution in [1.29, 1.82) is 0 Å². The Hall–Kier alpha value is 1.28. The fraction of sp³-hybridized carbons (Fsp3) is 0. The maximum atomic E-state index is 0. The van der Waals surface area contributed by atoms with E-state index in [2.05, 4.69) is 0 Å². The molecule has 0 bridgehead atoms. The summed E-state index contributed by atoms with van der Waals surface area (Å²) in [5.74, 6) is 0. The Balaban J connectivity index is 0. The molecule has 8 nitrogen and oxygen atoms in total. The molecule has 0 aromatic heterocycles. The number of rotatable bonds is 0. The fourth-order valence-electron chi connectivity index (χ4n) is 0. The predicted molar refractivity (Wildman–Crippen MR) is 28.9 cm³/mol. The second kappa shape index (κ2) is 730. The molecule has 0 unspecified atom stereocenters. The molecule has 0 aromatic rings. The summed E-state index contributed by atoms with van der Waals surface area (Å²) in [6.07, 6.45) is 0. The second-order valence-electron chi connectivity index (χ2n) is 0. The zero-order valence-electron chi connectivity index (χ0n) is 5.22. The SMILES string of the molecule is O.O.O.O.O.O.O.O.[Cr].[Cr].[Cr]. The van der Waals surface area contributed by atoms with Gasteiger partial charge in [0.1, 0.15) is 0 Å². The predicted octanol–water partition coefficient (Wildman–Crippen LogP) is -6.61. The minimum Gasteiger partial charge on any atom is -0.412 e. The van der Waals surface area contributed by atoms with Crippen LogP contribution in [0.2, 0.25) is 0 Å². The van der Waals surface area contributed by atoms with Crippen molar-refractivity contribution in [3.63, 3.8) is 0 Å². The minimum absolute atomic E-state index is 0. The van der Waals surface area contributed by atoms with Crippen LogP contribution < -0.4 is 0 Å². The average Bonchev–Trinajstić information content (AvgIpc) is 0. The second-order valence-corrected chi connectivity index (χ2v) is 0. The van der Waals surface area contributed by atoms with Gasteiger partial charge in [0.05, 0.1) is 0 Å². The number of hydrogen-bond acceptors (Lipinski definition) is 0. The van der Waals surface area contributed by atoms with Crippen LogP contribution >= 0.6 is 0 Å². The van der Waals surface area contributed by atoms with Gasteiger partial charge in [-0.15, -0.1) is 0 Å². The first-order valence-corrected chi connectivity index (χ1v) is 0. The van der Waals surface area contributed by atoms with E-state index >= 15 is 0 Å². The first-order valence-electron chi connectivity index (χ1n) is 0. The molecule has 0 aliphatic rings. The van der Waals surface area contributed by atoms with E-state index in [0.29, 0.717) is 0 Å². The van der Waals surface area contributed by atoms with Crippen LogP contribution in [-0.4, -0.2) is 43.8 Å². The average molecular weight is 300 g/mol. The van der Waals surface area contributed by atoms with E-state index in [1.54, 1.807) is 0 Å². The quantitative estimate of drug-likeness (QED) is 0.404. The molecule has 0 rings (SSSR count). The van der Waals surface area contributed by atoms with Crippen LogP contribution in [0.15, 0.2) is 0 Å². The van der Waals surface area contributed by atoms with Gasteiger partial charge in [0.2, 0.25) is 0 Å². The van der Waals surface area contributed by atoms with Crippen LogP contribution in [0, 0.1) is 0 Å². The molecule has 11 heavy (non-hydrogen) atoms. The van der Waals surface area contributed by atoms with Crippen molar-refractivity contribution in [3.05, 3.63) is 0 Å². The molecule has 0 fully saturated rings. The molecule has 11 heteroatoms. The Morgan fingerprint density at radius 1 is 0.182 bits per heavy atom. The van der Waals surface area contributed by atoms with Gasteiger partial charge in [0.15, 0.2) is 0 Å². The van der Waals surface area contributed by atoms with Crippen LogP contribution in [0.25, 0.3) is 0 Å². The van der Waals surface area contributed by atoms with E-state index in [-0.39, 0.29) is 95.9 Å². The standard InChI is InChI=1S/3Cr.8H2O/h;;;8*1H2. The summed E-state index contributed by atoms with van der Waals surface area (Å²) in [5, 5.41) is 0. The Bertz CT molecular complexity index is 9.30. The normalized spacial score (nSPS) is 0. The van der Waals surface area contributed by atoms with E-state index < -0.39 is 0 Å². The van der Waals surface area contributed by atoms with Crippen molar-refractivity contribution >= 4 is 0 Å². The molecule has 0 aliphatic carbocycles. The Kier molecular flexibility index (Phi) is 63500. The van der Waals surface area contributed by atoms with Crippen molar-refractivity contribution in [1.82, 2.24) is 0 Å². The molecule has 0 radical (unpaired) electrons. The zero-order chi connectivity index (χ0) is 0. The van der Waals surface area contributed by atoms with Crippen LogP contribution in [-0.2, 0) is 52.1 Å². The molecule has 0 amide bonds. The summed E-state index contributed by atoms with van der Waals surface area (Å²) < 4.78 is 0. The van der Waals surface area contributed by atoms with E-state index in [1.165, 1.54) is 0 Å². The van der Waals surface area contributed by atoms with Crippen molar-refractivity contribution in [2.24, 2.45) is 0 Å². The molecule has 0 aromatic carbocycles. The molecule has 0 aliphatic heterocycles. The van der Waals surface area contributed by atoms with Gasteiger partial charge in [-0.3, -0.25) is 0 Å². The van der Waals surface area contributed by atoms with Crippen molar-refractivity contribution < 1.29 is 95.9 Å². The van der Waals surface area contributed by atoms with Crippen LogP contribution in [0.1, 0.15) is 0 Å². The Labute approximate surface area is 95.8 Å². The first-order chi connectivity index (χ1) is 0. The summed E-state index contributed by atoms with van der Waals surface area (Å²) in [6.45, 7) is 0. The Morgan fingerprint density at radius 3 is 0.182 bits per heavy atom. The fourth-order valence-corrected chi connectivity index (χ4v) is 0. The van der Waals surface area contributed by atoms with Gasteiger partial charge in [-0.25, -0.2) is 0 Å². The maximum absolute atomic E-state index is 0. The number of hydrogen-bond donors (Lipinski definition) is 0. The maximum Gasteiger partial charge on any atom is 0 e. The third-order valence-corrected chi connectivity index (χ3v) is 0. The van der Waals surface area contributed by atoms with Crippen LogP contribution in [0.5, 0.6) is 0 Å². The van der Waals surface area contributed by atoms with Gasteiger partial charge in [-0.1, -0.05) is 0 Å². The summed E-state index contributed by atoms with van der Waals surface area (Å²) in [5.41, 5.74) is 0.